The molecular formula is C20H30N4O2. The molecule has 3 aliphatic heterocycles. The summed E-state index contributed by atoms with van der Waals surface area (Å²) in [6, 6.07) is 8.97. The minimum absolute atomic E-state index is 0.351. The molecule has 3 unspecified atom stereocenters. The van der Waals surface area contributed by atoms with E-state index in [0.717, 1.165) is 45.2 Å². The minimum Gasteiger partial charge on any atom is -0.378 e. The van der Waals surface area contributed by atoms with Crippen LogP contribution in [0.5, 0.6) is 0 Å². The van der Waals surface area contributed by atoms with Gasteiger partial charge in [-0.3, -0.25) is 0 Å². The van der Waals surface area contributed by atoms with Gasteiger partial charge >= 0.3 is 0 Å². The molecule has 0 spiro atoms. The summed E-state index contributed by atoms with van der Waals surface area (Å²) in [4.78, 5) is 7.27. The maximum atomic E-state index is 5.96. The predicted octanol–water partition coefficient (Wildman–Crippen LogP) is 1.90. The Morgan fingerprint density at radius 1 is 1.23 bits per heavy atom. The fraction of sp³-hybridized carbons (Fsp3) is 0.650. The summed E-state index contributed by atoms with van der Waals surface area (Å²) in [5, 5.41) is 6.99. The SMILES string of the molecule is CCNC(=NCc1ccccc1N1CCOCC1)NC1CC2CCC1O2. The van der Waals surface area contributed by atoms with Crippen LogP contribution in [0.3, 0.4) is 0 Å². The molecular weight excluding hydrogens is 328 g/mol. The van der Waals surface area contributed by atoms with Gasteiger partial charge in [0.25, 0.3) is 0 Å². The van der Waals surface area contributed by atoms with Crippen molar-refractivity contribution in [3.63, 3.8) is 0 Å². The number of hydrogen-bond donors (Lipinski definition) is 2. The molecule has 142 valence electrons. The third-order valence-electron chi connectivity index (χ3n) is 5.52. The first-order valence-corrected chi connectivity index (χ1v) is 9.94. The molecule has 4 rings (SSSR count). The van der Waals surface area contributed by atoms with Crippen molar-refractivity contribution in [2.75, 3.05) is 37.7 Å². The Bertz CT molecular complexity index is 630. The number of morpholine rings is 1. The molecule has 1 aromatic rings. The first-order valence-electron chi connectivity index (χ1n) is 9.94. The molecule has 0 saturated carbocycles. The lowest BCUT2D eigenvalue weighted by molar-refractivity contribution is 0.0992. The molecule has 2 N–H and O–H groups in total. The Hall–Kier alpha value is -1.79. The molecule has 3 fully saturated rings. The fourth-order valence-corrected chi connectivity index (χ4v) is 4.21. The van der Waals surface area contributed by atoms with E-state index in [1.165, 1.54) is 24.1 Å². The average molecular weight is 358 g/mol. The average Bonchev–Trinajstić information content (AvgIpc) is 3.30. The summed E-state index contributed by atoms with van der Waals surface area (Å²) >= 11 is 0. The Balaban J connectivity index is 1.44. The van der Waals surface area contributed by atoms with Gasteiger partial charge < -0.3 is 25.0 Å². The number of nitrogens with one attached hydrogen (secondary N) is 2. The maximum absolute atomic E-state index is 5.96. The van der Waals surface area contributed by atoms with Gasteiger partial charge in [0.2, 0.25) is 0 Å². The summed E-state index contributed by atoms with van der Waals surface area (Å²) in [6.45, 7) is 7.13. The number of ether oxygens (including phenoxy) is 2. The normalized spacial score (nSPS) is 28.4. The summed E-state index contributed by atoms with van der Waals surface area (Å²) in [7, 11) is 0. The van der Waals surface area contributed by atoms with Gasteiger partial charge in [-0.05, 0) is 37.8 Å². The van der Waals surface area contributed by atoms with Crippen molar-refractivity contribution < 1.29 is 9.47 Å². The summed E-state index contributed by atoms with van der Waals surface area (Å²) in [6.07, 6.45) is 4.27. The second-order valence-corrected chi connectivity index (χ2v) is 7.28. The Kier molecular flexibility index (Phi) is 5.60. The van der Waals surface area contributed by atoms with Crippen molar-refractivity contribution in [1.29, 1.82) is 0 Å². The van der Waals surface area contributed by atoms with Gasteiger partial charge in [-0.2, -0.15) is 0 Å². The zero-order chi connectivity index (χ0) is 17.8. The van der Waals surface area contributed by atoms with Crippen molar-refractivity contribution in [2.45, 2.75) is 51.0 Å². The maximum Gasteiger partial charge on any atom is 0.191 e. The van der Waals surface area contributed by atoms with Gasteiger partial charge in [-0.1, -0.05) is 18.2 Å². The number of fused-ring (bicyclic) bond motifs is 2. The quantitative estimate of drug-likeness (QED) is 0.622. The smallest absolute Gasteiger partial charge is 0.191 e. The van der Waals surface area contributed by atoms with Gasteiger partial charge in [0.05, 0.1) is 38.0 Å². The third kappa shape index (κ3) is 3.96. The lowest BCUT2D eigenvalue weighted by atomic mass is 9.96. The highest BCUT2D eigenvalue weighted by atomic mass is 16.5. The van der Waals surface area contributed by atoms with E-state index >= 15 is 0 Å². The van der Waals surface area contributed by atoms with Crippen molar-refractivity contribution in [3.05, 3.63) is 29.8 Å². The fourth-order valence-electron chi connectivity index (χ4n) is 4.21. The van der Waals surface area contributed by atoms with E-state index in [2.05, 4.69) is 46.7 Å². The van der Waals surface area contributed by atoms with Crippen LogP contribution < -0.4 is 15.5 Å². The molecule has 6 heteroatoms. The molecule has 0 aromatic heterocycles. The molecule has 26 heavy (non-hydrogen) atoms. The van der Waals surface area contributed by atoms with Crippen molar-refractivity contribution in [3.8, 4) is 0 Å². The van der Waals surface area contributed by atoms with E-state index in [1.807, 2.05) is 0 Å². The summed E-state index contributed by atoms with van der Waals surface area (Å²) < 4.78 is 11.5. The van der Waals surface area contributed by atoms with Crippen LogP contribution >= 0.6 is 0 Å². The van der Waals surface area contributed by atoms with Crippen LogP contribution in [0.2, 0.25) is 0 Å². The van der Waals surface area contributed by atoms with E-state index < -0.39 is 0 Å². The van der Waals surface area contributed by atoms with Crippen molar-refractivity contribution >= 4 is 11.6 Å². The van der Waals surface area contributed by atoms with Gasteiger partial charge in [-0.25, -0.2) is 4.99 Å². The van der Waals surface area contributed by atoms with Gasteiger partial charge in [0.15, 0.2) is 5.96 Å². The zero-order valence-electron chi connectivity index (χ0n) is 15.6. The predicted molar refractivity (Wildman–Crippen MR) is 104 cm³/mol. The van der Waals surface area contributed by atoms with E-state index in [-0.39, 0.29) is 0 Å². The molecule has 3 aliphatic rings. The van der Waals surface area contributed by atoms with Gasteiger partial charge in [0.1, 0.15) is 0 Å². The topological polar surface area (TPSA) is 58.1 Å². The van der Waals surface area contributed by atoms with Crippen molar-refractivity contribution in [2.24, 2.45) is 4.99 Å². The van der Waals surface area contributed by atoms with E-state index in [9.17, 15) is 0 Å². The number of para-hydroxylation sites is 1. The van der Waals surface area contributed by atoms with Crippen LogP contribution in [0.25, 0.3) is 0 Å². The van der Waals surface area contributed by atoms with E-state index in [0.29, 0.717) is 24.8 Å². The molecule has 3 saturated heterocycles. The number of nitrogens with zero attached hydrogens (tertiary/aromatic N) is 2. The minimum atomic E-state index is 0.351. The van der Waals surface area contributed by atoms with Crippen LogP contribution in [-0.2, 0) is 16.0 Å². The Labute approximate surface area is 156 Å². The highest BCUT2D eigenvalue weighted by Gasteiger charge is 2.41. The molecule has 0 aliphatic carbocycles. The number of anilines is 1. The number of aliphatic imine (C=N–C) groups is 1. The first kappa shape index (κ1) is 17.6. The highest BCUT2D eigenvalue weighted by Crippen LogP contribution is 2.34. The standard InChI is InChI=1S/C20H30N4O2/c1-2-21-20(23-17-13-16-7-8-19(17)26-16)22-14-15-5-3-4-6-18(15)24-9-11-25-12-10-24/h3-6,16-17,19H,2,7-14H2,1H3,(H2,21,22,23). The van der Waals surface area contributed by atoms with Crippen LogP contribution in [0.1, 0.15) is 31.7 Å². The van der Waals surface area contributed by atoms with Crippen molar-refractivity contribution in [1.82, 2.24) is 10.6 Å². The lowest BCUT2D eigenvalue weighted by Gasteiger charge is -2.30. The van der Waals surface area contributed by atoms with E-state index in [1.54, 1.807) is 0 Å². The Morgan fingerprint density at radius 2 is 2.08 bits per heavy atom. The number of guanidine groups is 1. The van der Waals surface area contributed by atoms with Crippen LogP contribution in [0.4, 0.5) is 5.69 Å². The molecule has 2 bridgehead atoms. The highest BCUT2D eigenvalue weighted by molar-refractivity contribution is 5.80. The molecule has 1 aromatic carbocycles. The van der Waals surface area contributed by atoms with Gasteiger partial charge in [0, 0.05) is 25.3 Å². The third-order valence-corrected chi connectivity index (χ3v) is 5.52. The molecule has 3 heterocycles. The zero-order valence-corrected chi connectivity index (χ0v) is 15.6. The Morgan fingerprint density at radius 3 is 2.81 bits per heavy atom. The lowest BCUT2D eigenvalue weighted by Crippen LogP contribution is -2.47. The van der Waals surface area contributed by atoms with Gasteiger partial charge in [-0.15, -0.1) is 0 Å². The summed E-state index contributed by atoms with van der Waals surface area (Å²) in [5.74, 6) is 0.894. The second kappa shape index (κ2) is 8.27. The number of hydrogen-bond acceptors (Lipinski definition) is 4. The first-order chi connectivity index (χ1) is 12.8. The summed E-state index contributed by atoms with van der Waals surface area (Å²) in [5.41, 5.74) is 2.54. The van der Waals surface area contributed by atoms with Crippen LogP contribution in [0, 0.1) is 0 Å². The van der Waals surface area contributed by atoms with E-state index in [4.69, 9.17) is 14.5 Å². The number of benzene rings is 1. The molecule has 3 atom stereocenters. The largest absolute Gasteiger partial charge is 0.378 e. The molecule has 0 radical (unpaired) electrons. The molecule has 6 nitrogen and oxygen atoms in total. The molecule has 0 amide bonds. The number of rotatable bonds is 5. The second-order valence-electron chi connectivity index (χ2n) is 7.28. The monoisotopic (exact) mass is 358 g/mol. The van der Waals surface area contributed by atoms with Crippen LogP contribution in [0.15, 0.2) is 29.3 Å². The van der Waals surface area contributed by atoms with Crippen LogP contribution in [-0.4, -0.2) is 57.1 Å².